The minimum absolute atomic E-state index is 0.120. The standard InChI is InChI=1S/C16H18N2OS/c19-11-10-18-14-9-5-4-8-13(14)16(20)17-15(18)12-6-2-1-3-7-12/h1-3,6-7,19H,4-5,8-11H2. The monoisotopic (exact) mass is 286 g/mol. The van der Waals surface area contributed by atoms with Crippen LogP contribution in [0.3, 0.4) is 0 Å². The molecule has 1 aliphatic carbocycles. The summed E-state index contributed by atoms with van der Waals surface area (Å²) in [7, 11) is 0. The van der Waals surface area contributed by atoms with Crippen LogP contribution in [0, 0.1) is 4.64 Å². The summed E-state index contributed by atoms with van der Waals surface area (Å²) < 4.78 is 2.88. The van der Waals surface area contributed by atoms with Gasteiger partial charge in [-0.15, -0.1) is 0 Å². The van der Waals surface area contributed by atoms with E-state index in [0.29, 0.717) is 6.54 Å². The second-order valence-corrected chi connectivity index (χ2v) is 5.50. The second-order valence-electron chi connectivity index (χ2n) is 5.11. The predicted molar refractivity (Wildman–Crippen MR) is 82.2 cm³/mol. The Labute approximate surface area is 123 Å². The molecule has 0 atom stereocenters. The molecule has 0 fully saturated rings. The Kier molecular flexibility index (Phi) is 3.94. The van der Waals surface area contributed by atoms with Crippen LogP contribution >= 0.6 is 12.2 Å². The SMILES string of the molecule is OCCn1c(-c2ccccc2)nc(=S)c2c1CCCC2. The Morgan fingerprint density at radius 3 is 2.65 bits per heavy atom. The van der Waals surface area contributed by atoms with E-state index < -0.39 is 0 Å². The highest BCUT2D eigenvalue weighted by Gasteiger charge is 2.18. The maximum atomic E-state index is 9.39. The molecule has 20 heavy (non-hydrogen) atoms. The Morgan fingerprint density at radius 1 is 1.15 bits per heavy atom. The molecule has 1 aliphatic rings. The number of benzene rings is 1. The lowest BCUT2D eigenvalue weighted by Gasteiger charge is -2.24. The Hall–Kier alpha value is -1.52. The molecule has 4 heteroatoms. The molecule has 0 radical (unpaired) electrons. The fraction of sp³-hybridized carbons (Fsp3) is 0.375. The van der Waals surface area contributed by atoms with Crippen molar-refractivity contribution >= 4 is 12.2 Å². The fourth-order valence-corrected chi connectivity index (χ4v) is 3.22. The quantitative estimate of drug-likeness (QED) is 0.881. The smallest absolute Gasteiger partial charge is 0.141 e. The molecular weight excluding hydrogens is 268 g/mol. The first-order valence-electron chi connectivity index (χ1n) is 7.10. The molecule has 1 N–H and O–H groups in total. The molecule has 3 rings (SSSR count). The number of aliphatic hydroxyl groups is 1. The lowest BCUT2D eigenvalue weighted by atomic mass is 9.96. The van der Waals surface area contributed by atoms with Gasteiger partial charge in [0.15, 0.2) is 0 Å². The van der Waals surface area contributed by atoms with Crippen LogP contribution in [0.1, 0.15) is 24.1 Å². The van der Waals surface area contributed by atoms with Crippen LogP contribution in [0.2, 0.25) is 0 Å². The molecule has 0 unspecified atom stereocenters. The molecule has 0 saturated heterocycles. The van der Waals surface area contributed by atoms with Crippen molar-refractivity contribution in [2.75, 3.05) is 6.61 Å². The molecule has 1 aromatic heterocycles. The highest BCUT2D eigenvalue weighted by molar-refractivity contribution is 7.71. The first-order chi connectivity index (χ1) is 9.81. The minimum atomic E-state index is 0.120. The van der Waals surface area contributed by atoms with Gasteiger partial charge in [-0.1, -0.05) is 42.5 Å². The van der Waals surface area contributed by atoms with Crippen molar-refractivity contribution in [2.45, 2.75) is 32.2 Å². The van der Waals surface area contributed by atoms with E-state index in [-0.39, 0.29) is 6.61 Å². The van der Waals surface area contributed by atoms with Crippen LogP contribution < -0.4 is 0 Å². The van der Waals surface area contributed by atoms with E-state index >= 15 is 0 Å². The van der Waals surface area contributed by atoms with E-state index in [1.807, 2.05) is 30.3 Å². The zero-order chi connectivity index (χ0) is 13.9. The van der Waals surface area contributed by atoms with Crippen molar-refractivity contribution in [1.29, 1.82) is 0 Å². The molecule has 2 aromatic rings. The van der Waals surface area contributed by atoms with Gasteiger partial charge in [-0.3, -0.25) is 0 Å². The van der Waals surface area contributed by atoms with Crippen molar-refractivity contribution in [3.63, 3.8) is 0 Å². The van der Waals surface area contributed by atoms with Crippen LogP contribution in [0.15, 0.2) is 30.3 Å². The Balaban J connectivity index is 2.24. The van der Waals surface area contributed by atoms with E-state index in [2.05, 4.69) is 9.55 Å². The van der Waals surface area contributed by atoms with Gasteiger partial charge in [0.2, 0.25) is 0 Å². The molecule has 0 bridgehead atoms. The molecular formula is C16H18N2OS. The molecule has 0 aliphatic heterocycles. The second kappa shape index (κ2) is 5.85. The number of rotatable bonds is 3. The van der Waals surface area contributed by atoms with Crippen LogP contribution in [-0.4, -0.2) is 21.3 Å². The highest BCUT2D eigenvalue weighted by atomic mass is 32.1. The Morgan fingerprint density at radius 2 is 1.90 bits per heavy atom. The van der Waals surface area contributed by atoms with Crippen molar-refractivity contribution < 1.29 is 5.11 Å². The van der Waals surface area contributed by atoms with Gasteiger partial charge in [0, 0.05) is 23.4 Å². The van der Waals surface area contributed by atoms with E-state index in [1.165, 1.54) is 24.1 Å². The summed E-state index contributed by atoms with van der Waals surface area (Å²) >= 11 is 5.48. The van der Waals surface area contributed by atoms with Gasteiger partial charge in [0.05, 0.1) is 6.61 Å². The summed E-state index contributed by atoms with van der Waals surface area (Å²) in [5.74, 6) is 0.880. The molecule has 0 amide bonds. The average molecular weight is 286 g/mol. The van der Waals surface area contributed by atoms with Crippen LogP contribution in [-0.2, 0) is 19.4 Å². The molecule has 3 nitrogen and oxygen atoms in total. The summed E-state index contributed by atoms with van der Waals surface area (Å²) in [6.07, 6.45) is 4.41. The molecule has 0 saturated carbocycles. The van der Waals surface area contributed by atoms with Gasteiger partial charge >= 0.3 is 0 Å². The largest absolute Gasteiger partial charge is 0.395 e. The number of aromatic nitrogens is 2. The van der Waals surface area contributed by atoms with Gasteiger partial charge in [-0.2, -0.15) is 0 Å². The first-order valence-corrected chi connectivity index (χ1v) is 7.51. The lowest BCUT2D eigenvalue weighted by molar-refractivity contribution is 0.273. The van der Waals surface area contributed by atoms with Gasteiger partial charge in [0.1, 0.15) is 10.5 Å². The molecule has 1 heterocycles. The van der Waals surface area contributed by atoms with Crippen LogP contribution in [0.4, 0.5) is 0 Å². The summed E-state index contributed by atoms with van der Waals surface area (Å²) in [4.78, 5) is 4.64. The Bertz CT molecular complexity index is 664. The zero-order valence-electron chi connectivity index (χ0n) is 11.4. The van der Waals surface area contributed by atoms with E-state index in [0.717, 1.165) is 28.9 Å². The van der Waals surface area contributed by atoms with Crippen molar-refractivity contribution in [3.05, 3.63) is 46.2 Å². The topological polar surface area (TPSA) is 38.0 Å². The zero-order valence-corrected chi connectivity index (χ0v) is 12.2. The van der Waals surface area contributed by atoms with E-state index in [4.69, 9.17) is 12.2 Å². The third-order valence-corrected chi connectivity index (χ3v) is 4.18. The molecule has 104 valence electrons. The van der Waals surface area contributed by atoms with Crippen LogP contribution in [0.5, 0.6) is 0 Å². The maximum Gasteiger partial charge on any atom is 0.141 e. The fourth-order valence-electron chi connectivity index (χ4n) is 2.92. The first kappa shape index (κ1) is 13.5. The summed E-state index contributed by atoms with van der Waals surface area (Å²) in [6.45, 7) is 0.699. The highest BCUT2D eigenvalue weighted by Crippen LogP contribution is 2.27. The molecule has 0 spiro atoms. The third kappa shape index (κ3) is 2.41. The number of nitrogens with zero attached hydrogens (tertiary/aromatic N) is 2. The normalized spacial score (nSPS) is 14.1. The number of aliphatic hydroxyl groups excluding tert-OH is 1. The maximum absolute atomic E-state index is 9.39. The molecule has 1 aromatic carbocycles. The van der Waals surface area contributed by atoms with E-state index in [1.54, 1.807) is 0 Å². The number of hydrogen-bond acceptors (Lipinski definition) is 3. The van der Waals surface area contributed by atoms with Crippen molar-refractivity contribution in [2.24, 2.45) is 0 Å². The summed E-state index contributed by atoms with van der Waals surface area (Å²) in [5, 5.41) is 9.39. The van der Waals surface area contributed by atoms with E-state index in [9.17, 15) is 5.11 Å². The summed E-state index contributed by atoms with van der Waals surface area (Å²) in [6, 6.07) is 10.1. The predicted octanol–water partition coefficient (Wildman–Crippen LogP) is 3.15. The van der Waals surface area contributed by atoms with Gasteiger partial charge in [-0.05, 0) is 25.7 Å². The van der Waals surface area contributed by atoms with Crippen molar-refractivity contribution in [3.8, 4) is 11.4 Å². The average Bonchev–Trinajstić information content (AvgIpc) is 2.51. The summed E-state index contributed by atoms with van der Waals surface area (Å²) in [5.41, 5.74) is 3.53. The number of fused-ring (bicyclic) bond motifs is 1. The van der Waals surface area contributed by atoms with Gasteiger partial charge in [-0.25, -0.2) is 4.98 Å². The minimum Gasteiger partial charge on any atom is -0.395 e. The lowest BCUT2D eigenvalue weighted by Crippen LogP contribution is -2.19. The van der Waals surface area contributed by atoms with Crippen molar-refractivity contribution in [1.82, 2.24) is 9.55 Å². The third-order valence-electron chi connectivity index (χ3n) is 3.84. The van der Waals surface area contributed by atoms with Gasteiger partial charge in [0.25, 0.3) is 0 Å². The van der Waals surface area contributed by atoms with Gasteiger partial charge < -0.3 is 9.67 Å². The number of hydrogen-bond donors (Lipinski definition) is 1. The van der Waals surface area contributed by atoms with Crippen LogP contribution in [0.25, 0.3) is 11.4 Å².